The van der Waals surface area contributed by atoms with E-state index >= 15 is 0 Å². The molecule has 2 aromatic rings. The third-order valence-corrected chi connectivity index (χ3v) is 5.63. The number of hydrogen-bond donors (Lipinski definition) is 2. The van der Waals surface area contributed by atoms with Gasteiger partial charge in [0.1, 0.15) is 5.01 Å². The lowest BCUT2D eigenvalue weighted by Crippen LogP contribution is -2.34. The first-order valence-electron chi connectivity index (χ1n) is 8.72. The van der Waals surface area contributed by atoms with Crippen molar-refractivity contribution >= 4 is 28.5 Å². The molecule has 1 aromatic carbocycles. The zero-order valence-electron chi connectivity index (χ0n) is 14.4. The van der Waals surface area contributed by atoms with Gasteiger partial charge in [-0.15, -0.1) is 10.2 Å². The Morgan fingerprint density at radius 2 is 2.15 bits per heavy atom. The van der Waals surface area contributed by atoms with Crippen molar-refractivity contribution in [3.63, 3.8) is 0 Å². The van der Waals surface area contributed by atoms with Gasteiger partial charge in [0, 0.05) is 24.1 Å². The fourth-order valence-corrected chi connectivity index (χ4v) is 3.83. The molecule has 0 radical (unpaired) electrons. The van der Waals surface area contributed by atoms with Gasteiger partial charge in [-0.1, -0.05) is 23.5 Å². The van der Waals surface area contributed by atoms with Gasteiger partial charge >= 0.3 is 6.09 Å². The van der Waals surface area contributed by atoms with Crippen LogP contribution in [0.4, 0.5) is 9.93 Å². The van der Waals surface area contributed by atoms with Gasteiger partial charge < -0.3 is 10.0 Å². The lowest BCUT2D eigenvalue weighted by Gasteiger charge is -2.19. The number of aryl methyl sites for hydroxylation is 1. The van der Waals surface area contributed by atoms with E-state index in [2.05, 4.69) is 15.5 Å². The third-order valence-electron chi connectivity index (χ3n) is 4.88. The summed E-state index contributed by atoms with van der Waals surface area (Å²) in [6.07, 6.45) is 2.23. The van der Waals surface area contributed by atoms with Crippen LogP contribution in [0.15, 0.2) is 24.3 Å². The molecule has 2 aliphatic rings. The van der Waals surface area contributed by atoms with Crippen LogP contribution in [-0.4, -0.2) is 44.8 Å². The van der Waals surface area contributed by atoms with Gasteiger partial charge in [0.15, 0.2) is 0 Å². The van der Waals surface area contributed by atoms with E-state index in [1.54, 1.807) is 11.0 Å². The topological polar surface area (TPSA) is 95.4 Å². The van der Waals surface area contributed by atoms with Crippen molar-refractivity contribution in [1.29, 1.82) is 0 Å². The highest BCUT2D eigenvalue weighted by Crippen LogP contribution is 2.46. The molecule has 26 heavy (non-hydrogen) atoms. The number of amides is 2. The summed E-state index contributed by atoms with van der Waals surface area (Å²) >= 11 is 1.33. The molecule has 0 unspecified atom stereocenters. The number of nitrogens with zero attached hydrogens (tertiary/aromatic N) is 3. The molecular weight excluding hydrogens is 352 g/mol. The second-order valence-corrected chi connectivity index (χ2v) is 8.18. The van der Waals surface area contributed by atoms with Crippen LogP contribution in [0.25, 0.3) is 0 Å². The van der Waals surface area contributed by atoms with Gasteiger partial charge in [0.25, 0.3) is 5.91 Å². The van der Waals surface area contributed by atoms with Crippen molar-refractivity contribution in [2.75, 3.05) is 11.9 Å². The predicted molar refractivity (Wildman–Crippen MR) is 97.6 cm³/mol. The van der Waals surface area contributed by atoms with Crippen LogP contribution in [0.5, 0.6) is 0 Å². The van der Waals surface area contributed by atoms with Crippen LogP contribution in [0.2, 0.25) is 0 Å². The number of aromatic nitrogens is 2. The molecule has 8 heteroatoms. The Labute approximate surface area is 155 Å². The van der Waals surface area contributed by atoms with Crippen LogP contribution in [0, 0.1) is 12.8 Å². The standard InChI is InChI=1S/C18H20N4O3S/c1-10-20-21-17(26-10)19-16(23)13-4-2-3-12(7-13)14-8-15(14)22(18(24)25)9-11-5-6-11/h2-4,7,11,14-15H,5-6,8-9H2,1H3,(H,24,25)(H,19,21,23)/t14-,15+/m0/s1. The highest BCUT2D eigenvalue weighted by Gasteiger charge is 2.46. The Kier molecular flexibility index (Phi) is 4.36. The molecule has 2 fully saturated rings. The summed E-state index contributed by atoms with van der Waals surface area (Å²) in [5.41, 5.74) is 1.56. The maximum Gasteiger partial charge on any atom is 0.407 e. The molecule has 0 aliphatic heterocycles. The van der Waals surface area contributed by atoms with Crippen molar-refractivity contribution in [3.05, 3.63) is 40.4 Å². The maximum atomic E-state index is 12.4. The Balaban J connectivity index is 1.44. The number of nitrogens with one attached hydrogen (secondary N) is 1. The fraction of sp³-hybridized carbons (Fsp3) is 0.444. The van der Waals surface area contributed by atoms with Crippen molar-refractivity contribution < 1.29 is 14.7 Å². The minimum absolute atomic E-state index is 0.0252. The summed E-state index contributed by atoms with van der Waals surface area (Å²) in [6, 6.07) is 7.44. The monoisotopic (exact) mass is 372 g/mol. The number of benzene rings is 1. The molecule has 2 N–H and O–H groups in total. The van der Waals surface area contributed by atoms with E-state index in [0.29, 0.717) is 23.2 Å². The van der Waals surface area contributed by atoms with E-state index in [9.17, 15) is 14.7 Å². The first kappa shape index (κ1) is 17.0. The molecule has 136 valence electrons. The minimum atomic E-state index is -0.843. The van der Waals surface area contributed by atoms with Crippen molar-refractivity contribution in [1.82, 2.24) is 15.1 Å². The van der Waals surface area contributed by atoms with Gasteiger partial charge in [-0.05, 0) is 49.8 Å². The number of carbonyl (C=O) groups is 2. The SMILES string of the molecule is Cc1nnc(NC(=O)c2cccc([C@@H]3C[C@H]3N(CC3CC3)C(=O)O)c2)s1. The molecule has 2 aliphatic carbocycles. The van der Waals surface area contributed by atoms with E-state index < -0.39 is 6.09 Å². The smallest absolute Gasteiger partial charge is 0.407 e. The summed E-state index contributed by atoms with van der Waals surface area (Å²) < 4.78 is 0. The number of anilines is 1. The molecule has 2 amide bonds. The van der Waals surface area contributed by atoms with Crippen molar-refractivity contribution in [2.24, 2.45) is 5.92 Å². The van der Waals surface area contributed by atoms with Crippen LogP contribution >= 0.6 is 11.3 Å². The van der Waals surface area contributed by atoms with Gasteiger partial charge in [-0.2, -0.15) is 0 Å². The summed E-state index contributed by atoms with van der Waals surface area (Å²) in [6.45, 7) is 2.46. The first-order valence-corrected chi connectivity index (χ1v) is 9.54. The van der Waals surface area contributed by atoms with Crippen LogP contribution in [0.1, 0.15) is 46.1 Å². The van der Waals surface area contributed by atoms with E-state index in [4.69, 9.17) is 0 Å². The average molecular weight is 372 g/mol. The highest BCUT2D eigenvalue weighted by molar-refractivity contribution is 7.15. The largest absolute Gasteiger partial charge is 0.465 e. The first-order chi connectivity index (χ1) is 12.5. The number of hydrogen-bond acceptors (Lipinski definition) is 5. The normalized spacial score (nSPS) is 21.3. The molecule has 0 spiro atoms. The lowest BCUT2D eigenvalue weighted by atomic mass is 10.1. The van der Waals surface area contributed by atoms with Crippen LogP contribution < -0.4 is 5.32 Å². The van der Waals surface area contributed by atoms with Gasteiger partial charge in [-0.25, -0.2) is 4.79 Å². The second kappa shape index (κ2) is 6.68. The van der Waals surface area contributed by atoms with Crippen LogP contribution in [0.3, 0.4) is 0 Å². The zero-order chi connectivity index (χ0) is 18.3. The maximum absolute atomic E-state index is 12.4. The zero-order valence-corrected chi connectivity index (χ0v) is 15.2. The average Bonchev–Trinajstić information content (AvgIpc) is 3.52. The molecule has 4 rings (SSSR count). The van der Waals surface area contributed by atoms with E-state index in [-0.39, 0.29) is 17.9 Å². The number of carboxylic acid groups (broad SMARTS) is 1. The van der Waals surface area contributed by atoms with Gasteiger partial charge in [0.2, 0.25) is 5.13 Å². The summed E-state index contributed by atoms with van der Waals surface area (Å²) in [5, 5.41) is 21.3. The van der Waals surface area contributed by atoms with Crippen molar-refractivity contribution in [3.8, 4) is 0 Å². The molecule has 2 saturated carbocycles. The van der Waals surface area contributed by atoms with Crippen molar-refractivity contribution in [2.45, 2.75) is 38.1 Å². The quantitative estimate of drug-likeness (QED) is 0.811. The molecule has 7 nitrogen and oxygen atoms in total. The summed E-state index contributed by atoms with van der Waals surface area (Å²) in [5.74, 6) is 0.467. The summed E-state index contributed by atoms with van der Waals surface area (Å²) in [4.78, 5) is 25.6. The predicted octanol–water partition coefficient (Wildman–Crippen LogP) is 3.34. The molecular formula is C18H20N4O3S. The molecule has 1 aromatic heterocycles. The van der Waals surface area contributed by atoms with Gasteiger partial charge in [0.05, 0.1) is 0 Å². The molecule has 1 heterocycles. The molecule has 2 atom stereocenters. The number of rotatable bonds is 6. The van der Waals surface area contributed by atoms with Gasteiger partial charge in [-0.3, -0.25) is 10.1 Å². The lowest BCUT2D eigenvalue weighted by molar-refractivity contribution is 0.102. The van der Waals surface area contributed by atoms with E-state index in [0.717, 1.165) is 29.8 Å². The highest BCUT2D eigenvalue weighted by atomic mass is 32.1. The Bertz CT molecular complexity index is 848. The Morgan fingerprint density at radius 1 is 1.35 bits per heavy atom. The molecule has 0 bridgehead atoms. The fourth-order valence-electron chi connectivity index (χ4n) is 3.25. The van der Waals surface area contributed by atoms with E-state index in [1.165, 1.54) is 11.3 Å². The van der Waals surface area contributed by atoms with Crippen LogP contribution in [-0.2, 0) is 0 Å². The Hall–Kier alpha value is -2.48. The van der Waals surface area contributed by atoms with E-state index in [1.807, 2.05) is 25.1 Å². The summed E-state index contributed by atoms with van der Waals surface area (Å²) in [7, 11) is 0. The molecule has 0 saturated heterocycles. The Morgan fingerprint density at radius 3 is 2.81 bits per heavy atom. The third kappa shape index (κ3) is 3.70. The minimum Gasteiger partial charge on any atom is -0.465 e. The second-order valence-electron chi connectivity index (χ2n) is 6.99. The number of carbonyl (C=O) groups excluding carboxylic acids is 1.